The van der Waals surface area contributed by atoms with Gasteiger partial charge in [-0.25, -0.2) is 4.57 Å². The third kappa shape index (κ3) is 409. The van der Waals surface area contributed by atoms with E-state index in [9.17, 15) is 5.91 Å². The van der Waals surface area contributed by atoms with Crippen LogP contribution in [0.2, 0.25) is 0 Å². The Hall–Kier alpha value is 0.736. The fourth-order valence-corrected chi connectivity index (χ4v) is 0. The van der Waals surface area contributed by atoms with Crippen LogP contribution in [0.1, 0.15) is 0 Å². The van der Waals surface area contributed by atoms with Crippen molar-refractivity contribution in [3.63, 3.8) is 0 Å². The zero-order chi connectivity index (χ0) is 7.21. The van der Waals surface area contributed by atoms with Crippen LogP contribution in [0.15, 0.2) is 0 Å². The van der Waals surface area contributed by atoms with E-state index in [-0.39, 0.29) is 0 Å². The Morgan fingerprint density at radius 3 is 1.25 bits per heavy atom. The van der Waals surface area contributed by atoms with Gasteiger partial charge in [0.2, 0.25) is 0 Å². The first-order valence-corrected chi connectivity index (χ1v) is 3.95. The van der Waals surface area contributed by atoms with Crippen LogP contribution in [0.3, 0.4) is 0 Å². The van der Waals surface area contributed by atoms with Crippen LogP contribution in [0.5, 0.6) is 0 Å². The molecule has 0 radical (unpaired) electrons. The standard InChI is InChI=1S/2FH.Mg.H3O4P/c;;;1-5(2,3)4/h2*1H;;(H3,1,2,3,4)/q;;+2;/p-2. The van der Waals surface area contributed by atoms with E-state index in [1.54, 1.807) is 0 Å². The van der Waals surface area contributed by atoms with E-state index in [1.807, 2.05) is 0 Å². The highest BCUT2D eigenvalue weighted by Crippen LogP contribution is 2.25. The number of rotatable bonds is 0. The van der Waals surface area contributed by atoms with E-state index in [0.29, 0.717) is 0 Å². The first kappa shape index (κ1) is 11.5. The lowest BCUT2D eigenvalue weighted by Gasteiger charge is -1.82. The lowest BCUT2D eigenvalue weighted by Crippen LogP contribution is -1.66. The molecule has 0 rings (SSSR count). The quantitative estimate of drug-likeness (QED) is 0.331. The fourth-order valence-electron chi connectivity index (χ4n) is 0. The molecule has 0 aromatic heterocycles. The second-order valence-corrected chi connectivity index (χ2v) is 1.84. The molecule has 0 aromatic carbocycles. The molecule has 0 aliphatic rings. The Morgan fingerprint density at radius 2 is 1.25 bits per heavy atom. The highest BCUT2D eigenvalue weighted by atomic mass is 31.2. The first-order valence-electron chi connectivity index (χ1n) is 1.32. The third-order valence-corrected chi connectivity index (χ3v) is 0. The average Bonchev–Trinajstić information content (AvgIpc) is 1.27. The maximum Gasteiger partial charge on any atom is 0.879 e. The molecule has 0 saturated carbocycles. The van der Waals surface area contributed by atoms with Crippen LogP contribution in [0, 0.1) is 0 Å². The molecule has 0 fully saturated rings. The molecule has 0 aliphatic heterocycles. The van der Waals surface area contributed by atoms with E-state index >= 15 is 0 Å². The van der Waals surface area contributed by atoms with Crippen molar-refractivity contribution in [3.05, 3.63) is 0 Å². The van der Waals surface area contributed by atoms with Crippen molar-refractivity contribution in [1.29, 1.82) is 0 Å². The minimum absolute atomic E-state index is 2.58. The van der Waals surface area contributed by atoms with Crippen molar-refractivity contribution in [2.24, 2.45) is 0 Å². The van der Waals surface area contributed by atoms with Gasteiger partial charge in [-0.3, -0.25) is 0 Å². The van der Waals surface area contributed by atoms with Gasteiger partial charge in [-0.1, -0.05) is 0 Å². The zero-order valence-corrected chi connectivity index (χ0v) is 5.97. The minimum Gasteiger partial charge on any atom is -0.440 e. The monoisotopic (exact) mass is 160 g/mol. The summed E-state index contributed by atoms with van der Waals surface area (Å²) in [6.45, 7) is 0. The number of hydrogen-bond acceptors (Lipinski definition) is 1. The van der Waals surface area contributed by atoms with Gasteiger partial charge in [0.05, 0.1) is 0 Å². The molecule has 3 N–H and O–H groups in total. The predicted octanol–water partition coefficient (Wildman–Crippen LogP) is -0.469. The van der Waals surface area contributed by atoms with E-state index in [0.717, 1.165) is 0 Å². The maximum atomic E-state index is 9.76. The SMILES string of the molecule is O=P(O)(O)O.[F][Mg][F]. The molecule has 4 nitrogen and oxygen atoms in total. The summed E-state index contributed by atoms with van der Waals surface area (Å²) >= 11 is -2.58. The molecule has 0 saturated heterocycles. The van der Waals surface area contributed by atoms with Crippen molar-refractivity contribution in [1.82, 2.24) is 0 Å². The molecular weight excluding hydrogens is 157 g/mol. The van der Waals surface area contributed by atoms with Crippen LogP contribution in [-0.4, -0.2) is 36.2 Å². The van der Waals surface area contributed by atoms with Gasteiger partial charge in [0.25, 0.3) is 0 Å². The first-order chi connectivity index (χ1) is 3.41. The second kappa shape index (κ2) is 5.87. The van der Waals surface area contributed by atoms with Crippen LogP contribution < -0.4 is 0 Å². The van der Waals surface area contributed by atoms with Crippen LogP contribution in [0.25, 0.3) is 0 Å². The molecular formula is H3F2MgO4P. The topological polar surface area (TPSA) is 77.8 Å². The Labute approximate surface area is 55.0 Å². The Kier molecular flexibility index (Phi) is 8.45. The van der Waals surface area contributed by atoms with Crippen molar-refractivity contribution >= 4 is 29.3 Å². The zero-order valence-electron chi connectivity index (χ0n) is 3.66. The van der Waals surface area contributed by atoms with Crippen molar-refractivity contribution in [2.45, 2.75) is 0 Å². The Balaban J connectivity index is 0. The van der Waals surface area contributed by atoms with E-state index in [4.69, 9.17) is 19.2 Å². The molecule has 8 heavy (non-hydrogen) atoms. The summed E-state index contributed by atoms with van der Waals surface area (Å²) in [6, 6.07) is 0. The van der Waals surface area contributed by atoms with Crippen LogP contribution in [0.4, 0.5) is 5.91 Å². The highest BCUT2D eigenvalue weighted by molar-refractivity contribution is 7.45. The van der Waals surface area contributed by atoms with Gasteiger partial charge in [0, 0.05) is 0 Å². The maximum absolute atomic E-state index is 9.76. The number of halogens is 2. The molecule has 0 atom stereocenters. The Bertz CT molecular complexity index is 69.8. The van der Waals surface area contributed by atoms with Crippen molar-refractivity contribution in [2.75, 3.05) is 0 Å². The van der Waals surface area contributed by atoms with Gasteiger partial charge in [-0.15, -0.1) is 0 Å². The predicted molar refractivity (Wildman–Crippen MR) is 22.2 cm³/mol. The summed E-state index contributed by atoms with van der Waals surface area (Å²) < 4.78 is 28.4. The fraction of sp³-hybridized carbons (Fsp3) is 0. The lowest BCUT2D eigenvalue weighted by molar-refractivity contribution is 0.275. The van der Waals surface area contributed by atoms with Gasteiger partial charge in [-0.2, -0.15) is 0 Å². The third-order valence-electron chi connectivity index (χ3n) is 0. The minimum atomic E-state index is -4.64. The van der Waals surface area contributed by atoms with Crippen LogP contribution in [-0.2, 0) is 4.57 Å². The summed E-state index contributed by atoms with van der Waals surface area (Å²) in [4.78, 5) is 21.6. The lowest BCUT2D eigenvalue weighted by atomic mass is 15.8. The number of hydrogen-bond donors (Lipinski definition) is 3. The molecule has 0 unspecified atom stereocenters. The van der Waals surface area contributed by atoms with Crippen LogP contribution >= 0.6 is 7.82 Å². The number of phosphoric acid groups is 1. The van der Waals surface area contributed by atoms with Crippen molar-refractivity contribution < 1.29 is 25.2 Å². The molecule has 0 aliphatic carbocycles. The summed E-state index contributed by atoms with van der Waals surface area (Å²) in [5.41, 5.74) is 0. The highest BCUT2D eigenvalue weighted by Gasteiger charge is 2.00. The summed E-state index contributed by atoms with van der Waals surface area (Å²) in [6.07, 6.45) is 0. The molecule has 0 aromatic rings. The van der Waals surface area contributed by atoms with Gasteiger partial charge in [-0.05, 0) is 0 Å². The van der Waals surface area contributed by atoms with E-state index < -0.39 is 29.3 Å². The average molecular weight is 160 g/mol. The molecule has 0 bridgehead atoms. The summed E-state index contributed by atoms with van der Waals surface area (Å²) in [7, 11) is -4.64. The molecule has 48 valence electrons. The largest absolute Gasteiger partial charge is 0.879 e. The molecule has 8 heteroatoms. The van der Waals surface area contributed by atoms with Gasteiger partial charge in [0.15, 0.2) is 0 Å². The van der Waals surface area contributed by atoms with E-state index in [2.05, 4.69) is 0 Å². The summed E-state index contributed by atoms with van der Waals surface area (Å²) in [5, 5.41) is 0. The van der Waals surface area contributed by atoms with E-state index in [1.165, 1.54) is 0 Å². The summed E-state index contributed by atoms with van der Waals surface area (Å²) in [5.74, 6) is 0. The van der Waals surface area contributed by atoms with Crippen molar-refractivity contribution in [3.8, 4) is 0 Å². The van der Waals surface area contributed by atoms with Gasteiger partial charge in [0.1, 0.15) is 0 Å². The molecule has 0 heterocycles. The van der Waals surface area contributed by atoms with Gasteiger partial charge < -0.3 is 20.6 Å². The normalized spacial score (nSPS) is 8.62. The molecule has 0 amide bonds. The Morgan fingerprint density at radius 1 is 1.25 bits per heavy atom. The van der Waals surface area contributed by atoms with Gasteiger partial charge >= 0.3 is 29.3 Å². The second-order valence-electron chi connectivity index (χ2n) is 0.614. The molecule has 0 spiro atoms. The smallest absolute Gasteiger partial charge is 0.440 e.